The molecule has 3 heterocycles. The number of halogens is 2. The first-order valence-corrected chi connectivity index (χ1v) is 10.1. The van der Waals surface area contributed by atoms with Crippen molar-refractivity contribution in [1.29, 1.82) is 0 Å². The van der Waals surface area contributed by atoms with E-state index in [1.54, 1.807) is 19.3 Å². The number of nitrogens with one attached hydrogen (secondary N) is 1. The Morgan fingerprint density at radius 1 is 1.16 bits per heavy atom. The number of carbonyl (C=O) groups excluding carboxylic acids is 2. The van der Waals surface area contributed by atoms with Crippen LogP contribution in [0, 0.1) is 11.8 Å². The first-order chi connectivity index (χ1) is 15.3. The summed E-state index contributed by atoms with van der Waals surface area (Å²) in [5, 5.41) is 2.63. The molecule has 2 aromatic heterocycles. The number of hydrogen-bond donors (Lipinski definition) is 1. The highest BCUT2D eigenvalue weighted by molar-refractivity contribution is 6.02. The topological polar surface area (TPSA) is 101 Å². The Morgan fingerprint density at radius 3 is 2.62 bits per heavy atom. The summed E-state index contributed by atoms with van der Waals surface area (Å²) in [4.78, 5) is 39.6. The molecule has 164 valence electrons. The SMILES string of the molecule is CC1C2c3nccnc3N(C)C(=O)[C@@H](NC(=O)c3ncc(C(F)(F)c4ccccc4)o3)C12. The van der Waals surface area contributed by atoms with Gasteiger partial charge in [-0.15, -0.1) is 0 Å². The smallest absolute Gasteiger partial charge is 0.331 e. The Balaban J connectivity index is 1.39. The standard InChI is InChI=1S/C22H19F2N5O3/c1-11-14-15(11)17(21(31)29(2)18-16(14)25-8-9-26-18)28-19(30)20-27-10-13(32-20)22(23,24)12-6-4-3-5-7-12/h3-11,14-15,17H,1-2H3,(H,28,30)/t11?,14?,15?,17-/m0/s1. The van der Waals surface area contributed by atoms with Crippen LogP contribution in [-0.2, 0) is 10.7 Å². The normalized spacial score (nSPS) is 24.4. The number of anilines is 1. The summed E-state index contributed by atoms with van der Waals surface area (Å²) in [5.41, 5.74) is 0.426. The largest absolute Gasteiger partial charge is 0.431 e. The lowest BCUT2D eigenvalue weighted by molar-refractivity contribution is -0.120. The minimum absolute atomic E-state index is 0.0413. The molecule has 8 nitrogen and oxygen atoms in total. The number of likely N-dealkylation sites (N-methyl/N-ethyl adjacent to an activating group) is 1. The quantitative estimate of drug-likeness (QED) is 0.671. The van der Waals surface area contributed by atoms with Crippen molar-refractivity contribution < 1.29 is 22.8 Å². The van der Waals surface area contributed by atoms with E-state index < -0.39 is 29.5 Å². The van der Waals surface area contributed by atoms with E-state index in [0.717, 1.165) is 6.20 Å². The lowest BCUT2D eigenvalue weighted by atomic mass is 10.1. The summed E-state index contributed by atoms with van der Waals surface area (Å²) in [5.74, 6) is -5.63. The van der Waals surface area contributed by atoms with Crippen LogP contribution in [0.3, 0.4) is 0 Å². The fourth-order valence-electron chi connectivity index (χ4n) is 4.42. The molecule has 1 saturated carbocycles. The van der Waals surface area contributed by atoms with Crippen molar-refractivity contribution in [2.24, 2.45) is 11.8 Å². The Bertz CT molecular complexity index is 1200. The summed E-state index contributed by atoms with van der Waals surface area (Å²) in [6, 6.07) is 6.23. The van der Waals surface area contributed by atoms with Gasteiger partial charge in [0.2, 0.25) is 0 Å². The Kier molecular flexibility index (Phi) is 4.54. The molecule has 1 aromatic carbocycles. The minimum Gasteiger partial charge on any atom is -0.431 e. The van der Waals surface area contributed by atoms with Crippen molar-refractivity contribution in [3.05, 3.63) is 71.8 Å². The summed E-state index contributed by atoms with van der Waals surface area (Å²) < 4.78 is 34.6. The molecule has 4 atom stereocenters. The molecule has 0 radical (unpaired) electrons. The number of alkyl halides is 2. The number of carbonyl (C=O) groups is 2. The van der Waals surface area contributed by atoms with Crippen LogP contribution >= 0.6 is 0 Å². The fraction of sp³-hybridized carbons (Fsp3) is 0.318. The van der Waals surface area contributed by atoms with Crippen molar-refractivity contribution in [2.75, 3.05) is 11.9 Å². The highest BCUT2D eigenvalue weighted by Gasteiger charge is 2.59. The van der Waals surface area contributed by atoms with E-state index in [4.69, 9.17) is 4.42 Å². The third-order valence-corrected chi connectivity index (χ3v) is 6.20. The molecule has 0 bridgehead atoms. The van der Waals surface area contributed by atoms with Gasteiger partial charge in [-0.2, -0.15) is 8.78 Å². The number of fused-ring (bicyclic) bond motifs is 3. The van der Waals surface area contributed by atoms with Gasteiger partial charge in [-0.25, -0.2) is 9.97 Å². The summed E-state index contributed by atoms with van der Waals surface area (Å²) in [6.07, 6.45) is 3.90. The molecule has 5 rings (SSSR count). The monoisotopic (exact) mass is 439 g/mol. The van der Waals surface area contributed by atoms with Crippen molar-refractivity contribution >= 4 is 17.6 Å². The van der Waals surface area contributed by atoms with Gasteiger partial charge in [0.25, 0.3) is 11.8 Å². The van der Waals surface area contributed by atoms with Crippen LogP contribution in [0.1, 0.15) is 40.5 Å². The Hall–Kier alpha value is -3.69. The van der Waals surface area contributed by atoms with E-state index in [1.807, 2.05) is 6.92 Å². The second kappa shape index (κ2) is 7.18. The van der Waals surface area contributed by atoms with Gasteiger partial charge < -0.3 is 9.73 Å². The zero-order valence-corrected chi connectivity index (χ0v) is 17.2. The van der Waals surface area contributed by atoms with Gasteiger partial charge in [0, 0.05) is 36.8 Å². The maximum absolute atomic E-state index is 14.7. The van der Waals surface area contributed by atoms with Crippen LogP contribution in [0.5, 0.6) is 0 Å². The van der Waals surface area contributed by atoms with Crippen LogP contribution in [0.25, 0.3) is 0 Å². The number of hydrogen-bond acceptors (Lipinski definition) is 6. The molecule has 0 spiro atoms. The van der Waals surface area contributed by atoms with Gasteiger partial charge in [-0.3, -0.25) is 19.5 Å². The lowest BCUT2D eigenvalue weighted by Crippen LogP contribution is -2.49. The predicted molar refractivity (Wildman–Crippen MR) is 108 cm³/mol. The van der Waals surface area contributed by atoms with E-state index in [9.17, 15) is 18.4 Å². The van der Waals surface area contributed by atoms with Gasteiger partial charge in [0.15, 0.2) is 11.6 Å². The minimum atomic E-state index is -3.46. The van der Waals surface area contributed by atoms with E-state index in [0.29, 0.717) is 11.5 Å². The van der Waals surface area contributed by atoms with Crippen LogP contribution in [0.15, 0.2) is 53.3 Å². The zero-order valence-electron chi connectivity index (χ0n) is 17.2. The zero-order chi connectivity index (χ0) is 22.6. The first kappa shape index (κ1) is 20.2. The second-order valence-corrected chi connectivity index (χ2v) is 8.05. The van der Waals surface area contributed by atoms with Crippen molar-refractivity contribution in [3.8, 4) is 0 Å². The number of oxazole rings is 1. The van der Waals surface area contributed by atoms with Gasteiger partial charge >= 0.3 is 11.8 Å². The Labute approximate surface area is 181 Å². The third-order valence-electron chi connectivity index (χ3n) is 6.20. The average Bonchev–Trinajstić information content (AvgIpc) is 3.22. The van der Waals surface area contributed by atoms with E-state index in [1.165, 1.54) is 35.4 Å². The van der Waals surface area contributed by atoms with Crippen LogP contribution in [0.2, 0.25) is 0 Å². The van der Waals surface area contributed by atoms with Gasteiger partial charge in [-0.05, 0) is 5.92 Å². The number of amides is 2. The molecule has 2 amide bonds. The maximum Gasteiger partial charge on any atom is 0.331 e. The molecule has 1 aliphatic carbocycles. The van der Waals surface area contributed by atoms with Crippen molar-refractivity contribution in [3.63, 3.8) is 0 Å². The van der Waals surface area contributed by atoms with E-state index in [-0.39, 0.29) is 29.2 Å². The molecule has 1 aliphatic heterocycles. The lowest BCUT2D eigenvalue weighted by Gasteiger charge is -2.22. The summed E-state index contributed by atoms with van der Waals surface area (Å²) >= 11 is 0. The van der Waals surface area contributed by atoms with Crippen LogP contribution in [0.4, 0.5) is 14.6 Å². The van der Waals surface area contributed by atoms with Crippen molar-refractivity contribution in [1.82, 2.24) is 20.3 Å². The molecular formula is C22H19F2N5O3. The number of nitrogens with zero attached hydrogens (tertiary/aromatic N) is 4. The molecule has 1 N–H and O–H groups in total. The molecule has 3 unspecified atom stereocenters. The number of benzene rings is 1. The fourth-order valence-corrected chi connectivity index (χ4v) is 4.42. The second-order valence-electron chi connectivity index (χ2n) is 8.05. The molecule has 32 heavy (non-hydrogen) atoms. The Morgan fingerprint density at radius 2 is 1.88 bits per heavy atom. The number of aromatic nitrogens is 3. The highest BCUT2D eigenvalue weighted by atomic mass is 19.3. The third kappa shape index (κ3) is 3.05. The van der Waals surface area contributed by atoms with Crippen molar-refractivity contribution in [2.45, 2.75) is 24.8 Å². The molecule has 0 saturated heterocycles. The van der Waals surface area contributed by atoms with Crippen LogP contribution in [-0.4, -0.2) is 39.9 Å². The number of rotatable bonds is 4. The van der Waals surface area contributed by atoms with E-state index >= 15 is 0 Å². The summed E-state index contributed by atoms with van der Waals surface area (Å²) in [7, 11) is 1.56. The molecule has 3 aromatic rings. The first-order valence-electron chi connectivity index (χ1n) is 10.1. The highest BCUT2D eigenvalue weighted by Crippen LogP contribution is 2.58. The summed E-state index contributed by atoms with van der Waals surface area (Å²) in [6.45, 7) is 1.97. The van der Waals surface area contributed by atoms with Gasteiger partial charge in [-0.1, -0.05) is 37.3 Å². The molecule has 10 heteroatoms. The van der Waals surface area contributed by atoms with Gasteiger partial charge in [0.05, 0.1) is 11.9 Å². The van der Waals surface area contributed by atoms with E-state index in [2.05, 4.69) is 20.3 Å². The maximum atomic E-state index is 14.7. The predicted octanol–water partition coefficient (Wildman–Crippen LogP) is 2.73. The van der Waals surface area contributed by atoms with Gasteiger partial charge in [0.1, 0.15) is 6.04 Å². The molecule has 1 fully saturated rings. The molecule has 2 aliphatic rings. The molecular weight excluding hydrogens is 420 g/mol. The average molecular weight is 439 g/mol. The van der Waals surface area contributed by atoms with Crippen LogP contribution < -0.4 is 10.2 Å².